The smallest absolute Gasteiger partial charge is 0.338 e. The highest BCUT2D eigenvalue weighted by atomic mass is 127. The Hall–Kier alpha value is -3.27. The van der Waals surface area contributed by atoms with Crippen molar-refractivity contribution in [2.75, 3.05) is 11.9 Å². The van der Waals surface area contributed by atoms with E-state index in [9.17, 15) is 9.59 Å². The second kappa shape index (κ2) is 8.39. The van der Waals surface area contributed by atoms with E-state index in [1.54, 1.807) is 42.7 Å². The maximum absolute atomic E-state index is 12.3. The van der Waals surface area contributed by atoms with Crippen LogP contribution in [0.15, 0.2) is 67.0 Å². The van der Waals surface area contributed by atoms with Crippen molar-refractivity contribution in [3.8, 4) is 11.4 Å². The van der Waals surface area contributed by atoms with Gasteiger partial charge < -0.3 is 15.0 Å². The molecule has 0 atom stereocenters. The van der Waals surface area contributed by atoms with Crippen molar-refractivity contribution in [3.05, 3.63) is 76.1 Å². The first-order chi connectivity index (χ1) is 14.1. The molecule has 0 radical (unpaired) electrons. The molecule has 0 saturated carbocycles. The Balaban J connectivity index is 1.41. The van der Waals surface area contributed by atoms with Crippen LogP contribution in [0.4, 0.5) is 5.69 Å². The van der Waals surface area contributed by atoms with Gasteiger partial charge in [0.15, 0.2) is 6.61 Å². The maximum atomic E-state index is 12.3. The molecule has 0 saturated heterocycles. The third-order valence-electron chi connectivity index (χ3n) is 4.11. The molecule has 2 heterocycles. The standard InChI is InChI=1S/C21H15IN4O3/c22-15-4-6-16(7-5-15)24-19(27)12-29-21(28)13-3-8-17-18(10-13)26-20(25-17)14-2-1-9-23-11-14/h1-11H,12H2,(H,24,27)(H,25,26). The van der Waals surface area contributed by atoms with Crippen LogP contribution in [0.5, 0.6) is 0 Å². The number of hydrogen-bond acceptors (Lipinski definition) is 5. The second-order valence-electron chi connectivity index (χ2n) is 6.19. The number of anilines is 1. The number of fused-ring (bicyclic) bond motifs is 1. The zero-order valence-corrected chi connectivity index (χ0v) is 17.2. The highest BCUT2D eigenvalue weighted by Crippen LogP contribution is 2.21. The number of ether oxygens (including phenoxy) is 1. The Morgan fingerprint density at radius 1 is 1.10 bits per heavy atom. The zero-order chi connectivity index (χ0) is 20.2. The molecule has 0 aliphatic rings. The fourth-order valence-corrected chi connectivity index (χ4v) is 3.08. The van der Waals surface area contributed by atoms with Crippen LogP contribution >= 0.6 is 22.6 Å². The predicted molar refractivity (Wildman–Crippen MR) is 117 cm³/mol. The number of imidazole rings is 1. The molecule has 0 aliphatic heterocycles. The molecule has 4 rings (SSSR count). The van der Waals surface area contributed by atoms with Crippen molar-refractivity contribution >= 4 is 51.2 Å². The summed E-state index contributed by atoms with van der Waals surface area (Å²) in [7, 11) is 0. The van der Waals surface area contributed by atoms with Gasteiger partial charge in [0.2, 0.25) is 0 Å². The van der Waals surface area contributed by atoms with E-state index in [1.807, 2.05) is 24.3 Å². The molecule has 4 aromatic rings. The number of benzene rings is 2. The van der Waals surface area contributed by atoms with Gasteiger partial charge in [-0.2, -0.15) is 0 Å². The van der Waals surface area contributed by atoms with Crippen LogP contribution in [0.2, 0.25) is 0 Å². The largest absolute Gasteiger partial charge is 0.452 e. The highest BCUT2D eigenvalue weighted by Gasteiger charge is 2.13. The van der Waals surface area contributed by atoms with Gasteiger partial charge in [-0.05, 0) is 77.2 Å². The minimum Gasteiger partial charge on any atom is -0.452 e. The minimum absolute atomic E-state index is 0.334. The fourth-order valence-electron chi connectivity index (χ4n) is 2.72. The molecule has 8 heteroatoms. The fraction of sp³-hybridized carbons (Fsp3) is 0.0476. The quantitative estimate of drug-likeness (QED) is 0.320. The Bertz CT molecular complexity index is 1170. The molecule has 1 amide bonds. The number of carbonyl (C=O) groups is 2. The van der Waals surface area contributed by atoms with E-state index in [0.717, 1.165) is 14.7 Å². The van der Waals surface area contributed by atoms with Crippen LogP contribution in [0.25, 0.3) is 22.4 Å². The summed E-state index contributed by atoms with van der Waals surface area (Å²) in [4.78, 5) is 36.1. The summed E-state index contributed by atoms with van der Waals surface area (Å²) in [5, 5.41) is 2.69. The van der Waals surface area contributed by atoms with E-state index < -0.39 is 11.9 Å². The Morgan fingerprint density at radius 3 is 2.69 bits per heavy atom. The molecular formula is C21H15IN4O3. The number of aromatic nitrogens is 3. The molecule has 0 fully saturated rings. The van der Waals surface area contributed by atoms with E-state index in [0.29, 0.717) is 22.6 Å². The molecule has 0 unspecified atom stereocenters. The molecule has 29 heavy (non-hydrogen) atoms. The Morgan fingerprint density at radius 2 is 1.93 bits per heavy atom. The van der Waals surface area contributed by atoms with Crippen molar-refractivity contribution in [2.24, 2.45) is 0 Å². The third kappa shape index (κ3) is 4.60. The van der Waals surface area contributed by atoms with Crippen molar-refractivity contribution < 1.29 is 14.3 Å². The zero-order valence-electron chi connectivity index (χ0n) is 15.1. The summed E-state index contributed by atoms with van der Waals surface area (Å²) < 4.78 is 6.19. The lowest BCUT2D eigenvalue weighted by Gasteiger charge is -2.07. The van der Waals surface area contributed by atoms with E-state index in [1.165, 1.54) is 0 Å². The van der Waals surface area contributed by atoms with Crippen LogP contribution in [0.1, 0.15) is 10.4 Å². The van der Waals surface area contributed by atoms with Gasteiger partial charge in [0.05, 0.1) is 16.6 Å². The SMILES string of the molecule is O=C(COC(=O)c1ccc2nc(-c3cccnc3)[nH]c2c1)Nc1ccc(I)cc1. The van der Waals surface area contributed by atoms with Gasteiger partial charge in [0, 0.05) is 27.2 Å². The molecule has 0 spiro atoms. The number of H-pyrrole nitrogens is 1. The van der Waals surface area contributed by atoms with Gasteiger partial charge in [-0.3, -0.25) is 9.78 Å². The van der Waals surface area contributed by atoms with Crippen LogP contribution in [-0.2, 0) is 9.53 Å². The number of esters is 1. The number of nitrogens with one attached hydrogen (secondary N) is 2. The Labute approximate surface area is 179 Å². The first-order valence-corrected chi connectivity index (χ1v) is 9.79. The summed E-state index contributed by atoms with van der Waals surface area (Å²) >= 11 is 2.18. The molecule has 7 nitrogen and oxygen atoms in total. The van der Waals surface area contributed by atoms with Crippen molar-refractivity contribution in [1.82, 2.24) is 15.0 Å². The first-order valence-electron chi connectivity index (χ1n) is 8.71. The minimum atomic E-state index is -0.581. The number of pyridine rings is 1. The van der Waals surface area contributed by atoms with Crippen LogP contribution in [0, 0.1) is 3.57 Å². The van der Waals surface area contributed by atoms with E-state index in [-0.39, 0.29) is 6.61 Å². The lowest BCUT2D eigenvalue weighted by Crippen LogP contribution is -2.20. The molecule has 144 valence electrons. The number of hydrogen-bond donors (Lipinski definition) is 2. The van der Waals surface area contributed by atoms with Gasteiger partial charge in [0.1, 0.15) is 5.82 Å². The number of halogens is 1. The van der Waals surface area contributed by atoms with Gasteiger partial charge in [0.25, 0.3) is 5.91 Å². The Kier molecular flexibility index (Phi) is 5.52. The van der Waals surface area contributed by atoms with Gasteiger partial charge in [-0.15, -0.1) is 0 Å². The van der Waals surface area contributed by atoms with E-state index in [2.05, 4.69) is 42.9 Å². The lowest BCUT2D eigenvalue weighted by molar-refractivity contribution is -0.119. The van der Waals surface area contributed by atoms with Crippen LogP contribution < -0.4 is 5.32 Å². The molecule has 2 aromatic carbocycles. The van der Waals surface area contributed by atoms with Crippen molar-refractivity contribution in [1.29, 1.82) is 0 Å². The lowest BCUT2D eigenvalue weighted by atomic mass is 10.2. The predicted octanol–water partition coefficient (Wildman–Crippen LogP) is 4.03. The van der Waals surface area contributed by atoms with Gasteiger partial charge in [-0.1, -0.05) is 0 Å². The number of nitrogens with zero attached hydrogens (tertiary/aromatic N) is 2. The average Bonchev–Trinajstić information content (AvgIpc) is 3.18. The number of amides is 1. The van der Waals surface area contributed by atoms with Crippen LogP contribution in [-0.4, -0.2) is 33.4 Å². The summed E-state index contributed by atoms with van der Waals surface area (Å²) in [6.45, 7) is -0.368. The monoisotopic (exact) mass is 498 g/mol. The number of rotatable bonds is 5. The second-order valence-corrected chi connectivity index (χ2v) is 7.44. The topological polar surface area (TPSA) is 97.0 Å². The maximum Gasteiger partial charge on any atom is 0.338 e. The average molecular weight is 498 g/mol. The summed E-state index contributed by atoms with van der Waals surface area (Å²) in [5.41, 5.74) is 3.24. The molecule has 0 bridgehead atoms. The number of carbonyl (C=O) groups excluding carboxylic acids is 2. The summed E-state index contributed by atoms with van der Waals surface area (Å²) in [6, 6.07) is 16.0. The van der Waals surface area contributed by atoms with E-state index >= 15 is 0 Å². The van der Waals surface area contributed by atoms with Crippen molar-refractivity contribution in [2.45, 2.75) is 0 Å². The third-order valence-corrected chi connectivity index (χ3v) is 4.83. The van der Waals surface area contributed by atoms with Gasteiger partial charge in [-0.25, -0.2) is 9.78 Å². The molecule has 2 N–H and O–H groups in total. The van der Waals surface area contributed by atoms with E-state index in [4.69, 9.17) is 4.74 Å². The first kappa shape index (κ1) is 19.1. The molecule has 0 aliphatic carbocycles. The van der Waals surface area contributed by atoms with Crippen LogP contribution in [0.3, 0.4) is 0 Å². The van der Waals surface area contributed by atoms with Gasteiger partial charge >= 0.3 is 5.97 Å². The summed E-state index contributed by atoms with van der Waals surface area (Å²) in [6.07, 6.45) is 3.40. The normalized spacial score (nSPS) is 10.7. The molecule has 2 aromatic heterocycles. The summed E-state index contributed by atoms with van der Waals surface area (Å²) in [5.74, 6) is -0.321. The molecular weight excluding hydrogens is 483 g/mol. The highest BCUT2D eigenvalue weighted by molar-refractivity contribution is 14.1. The van der Waals surface area contributed by atoms with Crippen molar-refractivity contribution in [3.63, 3.8) is 0 Å². The number of aromatic amines is 1.